The molecule has 0 unspecified atom stereocenters. The zero-order valence-electron chi connectivity index (χ0n) is 22.0. The van der Waals surface area contributed by atoms with Gasteiger partial charge in [-0.15, -0.1) is 0 Å². The van der Waals surface area contributed by atoms with Gasteiger partial charge in [0.15, 0.2) is 0 Å². The minimum atomic E-state index is -0.165. The molecule has 198 valence electrons. The number of aromatic nitrogens is 1. The van der Waals surface area contributed by atoms with E-state index >= 15 is 0 Å². The standard InChI is InChI=1S/C28H35FN4O.C3H6/c29-25-7-5-22(6-8-25)23-10-15-31(16-11-23)19-21-9-17-33(20-21)28(34)26-4-1-3-24-12-18-32(27(24)26)14-2-13-30;1-2-3-1/h1,3-8,12,18,21,23H,2,9-11,13-17,19-20,30H2;1-3H2/t21-;/m1./s1. The third-order valence-electron chi connectivity index (χ3n) is 7.99. The highest BCUT2D eigenvalue weighted by Gasteiger charge is 2.30. The molecule has 1 atom stereocenters. The van der Waals surface area contributed by atoms with Gasteiger partial charge >= 0.3 is 0 Å². The molecule has 3 heterocycles. The molecule has 1 aliphatic carbocycles. The van der Waals surface area contributed by atoms with Crippen molar-refractivity contribution in [1.29, 1.82) is 0 Å². The summed E-state index contributed by atoms with van der Waals surface area (Å²) in [6.07, 6.45) is 10.8. The van der Waals surface area contributed by atoms with E-state index in [4.69, 9.17) is 5.73 Å². The normalized spacial score (nSPS) is 20.2. The third-order valence-corrected chi connectivity index (χ3v) is 7.99. The fourth-order valence-corrected chi connectivity index (χ4v) is 5.77. The number of hydrogen-bond donors (Lipinski definition) is 1. The molecule has 2 aromatic carbocycles. The maximum absolute atomic E-state index is 13.5. The Hall–Kier alpha value is -2.70. The van der Waals surface area contributed by atoms with Crippen LogP contribution in [-0.2, 0) is 6.54 Å². The highest BCUT2D eigenvalue weighted by Crippen LogP contribution is 2.30. The maximum Gasteiger partial charge on any atom is 0.256 e. The van der Waals surface area contributed by atoms with E-state index in [2.05, 4.69) is 27.8 Å². The Morgan fingerprint density at radius 3 is 2.41 bits per heavy atom. The predicted molar refractivity (Wildman–Crippen MR) is 148 cm³/mol. The van der Waals surface area contributed by atoms with Crippen molar-refractivity contribution in [3.63, 3.8) is 0 Å². The van der Waals surface area contributed by atoms with Crippen LogP contribution in [0.25, 0.3) is 10.9 Å². The first-order valence-electron chi connectivity index (χ1n) is 14.2. The van der Waals surface area contributed by atoms with Gasteiger partial charge in [-0.1, -0.05) is 43.5 Å². The van der Waals surface area contributed by atoms with Crippen molar-refractivity contribution in [1.82, 2.24) is 14.4 Å². The van der Waals surface area contributed by atoms with Crippen LogP contribution >= 0.6 is 0 Å². The van der Waals surface area contributed by atoms with E-state index < -0.39 is 0 Å². The minimum Gasteiger partial charge on any atom is -0.347 e. The second-order valence-electron chi connectivity index (χ2n) is 11.0. The van der Waals surface area contributed by atoms with Crippen LogP contribution in [0.5, 0.6) is 0 Å². The molecule has 0 radical (unpaired) electrons. The molecular formula is C31H41FN4O. The van der Waals surface area contributed by atoms with Gasteiger partial charge in [-0.05, 0) is 87.0 Å². The van der Waals surface area contributed by atoms with E-state index in [1.165, 1.54) is 24.8 Å². The van der Waals surface area contributed by atoms with E-state index in [1.807, 2.05) is 29.2 Å². The van der Waals surface area contributed by atoms with Gasteiger partial charge in [-0.2, -0.15) is 0 Å². The number of nitrogens with zero attached hydrogens (tertiary/aromatic N) is 3. The van der Waals surface area contributed by atoms with Gasteiger partial charge in [0, 0.05) is 37.8 Å². The second-order valence-corrected chi connectivity index (χ2v) is 11.0. The number of halogens is 1. The fraction of sp³-hybridized carbons (Fsp3) is 0.516. The molecule has 0 bridgehead atoms. The van der Waals surface area contributed by atoms with Crippen LogP contribution in [0.15, 0.2) is 54.7 Å². The molecule has 1 saturated carbocycles. The number of piperidine rings is 1. The van der Waals surface area contributed by atoms with Crippen LogP contribution in [0.3, 0.4) is 0 Å². The molecule has 3 aliphatic rings. The Bertz CT molecular complexity index is 1160. The predicted octanol–water partition coefficient (Wildman–Crippen LogP) is 5.64. The quantitative estimate of drug-likeness (QED) is 0.453. The van der Waals surface area contributed by atoms with E-state index in [0.717, 1.165) is 81.4 Å². The van der Waals surface area contributed by atoms with E-state index in [9.17, 15) is 9.18 Å². The second kappa shape index (κ2) is 12.2. The lowest BCUT2D eigenvalue weighted by atomic mass is 9.89. The van der Waals surface area contributed by atoms with E-state index in [1.54, 1.807) is 12.1 Å². The van der Waals surface area contributed by atoms with Crippen LogP contribution in [0, 0.1) is 11.7 Å². The molecule has 1 amide bonds. The number of hydrogen-bond acceptors (Lipinski definition) is 3. The number of carbonyl (C=O) groups excluding carboxylic acids is 1. The molecule has 1 aromatic heterocycles. The molecular weight excluding hydrogens is 463 g/mol. The van der Waals surface area contributed by atoms with Gasteiger partial charge < -0.3 is 20.1 Å². The topological polar surface area (TPSA) is 54.5 Å². The fourth-order valence-electron chi connectivity index (χ4n) is 5.77. The van der Waals surface area contributed by atoms with Crippen LogP contribution in [0.2, 0.25) is 0 Å². The van der Waals surface area contributed by atoms with Crippen molar-refractivity contribution in [3.05, 3.63) is 71.7 Å². The number of carbonyl (C=O) groups is 1. The van der Waals surface area contributed by atoms with Crippen molar-refractivity contribution in [2.75, 3.05) is 39.3 Å². The van der Waals surface area contributed by atoms with Crippen molar-refractivity contribution < 1.29 is 9.18 Å². The molecule has 5 nitrogen and oxygen atoms in total. The molecule has 2 N–H and O–H groups in total. The number of fused-ring (bicyclic) bond motifs is 1. The molecule has 2 aliphatic heterocycles. The number of amides is 1. The van der Waals surface area contributed by atoms with Crippen molar-refractivity contribution in [2.45, 2.75) is 57.4 Å². The average Bonchev–Trinajstić information content (AvgIpc) is 3.65. The Kier molecular flexibility index (Phi) is 8.57. The molecule has 3 aromatic rings. The highest BCUT2D eigenvalue weighted by atomic mass is 19.1. The summed E-state index contributed by atoms with van der Waals surface area (Å²) in [5, 5.41) is 1.11. The summed E-state index contributed by atoms with van der Waals surface area (Å²) in [5.41, 5.74) is 8.81. The van der Waals surface area contributed by atoms with E-state index in [0.29, 0.717) is 18.4 Å². The summed E-state index contributed by atoms with van der Waals surface area (Å²) >= 11 is 0. The summed E-state index contributed by atoms with van der Waals surface area (Å²) in [6, 6.07) is 15.1. The zero-order chi connectivity index (χ0) is 25.6. The van der Waals surface area contributed by atoms with Crippen LogP contribution in [-0.4, -0.2) is 59.5 Å². The van der Waals surface area contributed by atoms with Crippen LogP contribution in [0.1, 0.15) is 66.8 Å². The summed E-state index contributed by atoms with van der Waals surface area (Å²) in [7, 11) is 0. The SMILES string of the molecule is C1CC1.NCCCn1ccc2cccc(C(=O)N3CC[C@H](CN4CCC(c5ccc(F)cc5)CC4)C3)c21. The molecule has 2 saturated heterocycles. The average molecular weight is 505 g/mol. The van der Waals surface area contributed by atoms with E-state index in [-0.39, 0.29) is 11.7 Å². The largest absolute Gasteiger partial charge is 0.347 e. The highest BCUT2D eigenvalue weighted by molar-refractivity contribution is 6.06. The monoisotopic (exact) mass is 504 g/mol. The Balaban J connectivity index is 0.000000872. The van der Waals surface area contributed by atoms with Gasteiger partial charge in [-0.25, -0.2) is 4.39 Å². The zero-order valence-corrected chi connectivity index (χ0v) is 22.0. The lowest BCUT2D eigenvalue weighted by Crippen LogP contribution is -2.38. The number of nitrogens with two attached hydrogens (primary N) is 1. The molecule has 3 fully saturated rings. The Labute approximate surface area is 220 Å². The number of likely N-dealkylation sites (tertiary alicyclic amines) is 2. The molecule has 0 spiro atoms. The number of aryl methyl sites for hydroxylation is 1. The first kappa shape index (κ1) is 25.9. The minimum absolute atomic E-state index is 0.149. The Morgan fingerprint density at radius 2 is 1.70 bits per heavy atom. The summed E-state index contributed by atoms with van der Waals surface area (Å²) in [5.74, 6) is 1.03. The van der Waals surface area contributed by atoms with Gasteiger partial charge in [0.25, 0.3) is 5.91 Å². The van der Waals surface area contributed by atoms with Crippen molar-refractivity contribution in [3.8, 4) is 0 Å². The van der Waals surface area contributed by atoms with Crippen LogP contribution < -0.4 is 5.73 Å². The van der Waals surface area contributed by atoms with Crippen LogP contribution in [0.4, 0.5) is 4.39 Å². The maximum atomic E-state index is 13.5. The third kappa shape index (κ3) is 6.60. The van der Waals surface area contributed by atoms with Gasteiger partial charge in [0.05, 0.1) is 11.1 Å². The summed E-state index contributed by atoms with van der Waals surface area (Å²) in [6.45, 7) is 6.33. The van der Waals surface area contributed by atoms with Crippen molar-refractivity contribution >= 4 is 16.8 Å². The molecule has 6 rings (SSSR count). The van der Waals surface area contributed by atoms with Gasteiger partial charge in [-0.3, -0.25) is 4.79 Å². The smallest absolute Gasteiger partial charge is 0.256 e. The first-order valence-corrected chi connectivity index (χ1v) is 14.2. The van der Waals surface area contributed by atoms with Gasteiger partial charge in [0.1, 0.15) is 5.82 Å². The summed E-state index contributed by atoms with van der Waals surface area (Å²) in [4.78, 5) is 18.1. The number of benzene rings is 2. The number of rotatable bonds is 7. The molecule has 6 heteroatoms. The van der Waals surface area contributed by atoms with Crippen molar-refractivity contribution in [2.24, 2.45) is 11.7 Å². The van der Waals surface area contributed by atoms with Gasteiger partial charge in [0.2, 0.25) is 0 Å². The first-order chi connectivity index (χ1) is 18.1. The molecule has 37 heavy (non-hydrogen) atoms. The Morgan fingerprint density at radius 1 is 0.946 bits per heavy atom. The number of para-hydroxylation sites is 1. The summed E-state index contributed by atoms with van der Waals surface area (Å²) < 4.78 is 15.4. The lowest BCUT2D eigenvalue weighted by Gasteiger charge is -2.33. The lowest BCUT2D eigenvalue weighted by molar-refractivity contribution is 0.0783.